The van der Waals surface area contributed by atoms with Gasteiger partial charge in [0.15, 0.2) is 11.4 Å². The largest absolute Gasteiger partial charge is 0.491 e. The summed E-state index contributed by atoms with van der Waals surface area (Å²) in [7, 11) is 0. The van der Waals surface area contributed by atoms with E-state index in [4.69, 9.17) is 16.3 Å². The zero-order valence-corrected chi connectivity index (χ0v) is 14.2. The smallest absolute Gasteiger partial charge is 0.276 e. The third-order valence-corrected chi connectivity index (χ3v) is 4.17. The molecule has 1 amide bonds. The van der Waals surface area contributed by atoms with Crippen molar-refractivity contribution in [1.29, 1.82) is 0 Å². The van der Waals surface area contributed by atoms with Gasteiger partial charge in [0, 0.05) is 38.6 Å². The van der Waals surface area contributed by atoms with E-state index in [1.54, 1.807) is 29.4 Å². The van der Waals surface area contributed by atoms with Crippen LogP contribution < -0.4 is 9.64 Å². The number of hydrogen-bond donors (Lipinski definition) is 0. The lowest BCUT2D eigenvalue weighted by Crippen LogP contribution is -2.49. The van der Waals surface area contributed by atoms with Crippen LogP contribution in [-0.2, 0) is 0 Å². The van der Waals surface area contributed by atoms with Crippen molar-refractivity contribution in [1.82, 2.24) is 14.9 Å². The van der Waals surface area contributed by atoms with Crippen molar-refractivity contribution >= 4 is 23.3 Å². The van der Waals surface area contributed by atoms with Gasteiger partial charge in [0.1, 0.15) is 5.82 Å². The summed E-state index contributed by atoms with van der Waals surface area (Å²) >= 11 is 6.20. The molecule has 6 nitrogen and oxygen atoms in total. The maximum Gasteiger partial charge on any atom is 0.276 e. The molecular weight excluding hydrogens is 328 g/mol. The first-order valence-electron chi connectivity index (χ1n) is 7.93. The molecule has 0 radical (unpaired) electrons. The summed E-state index contributed by atoms with van der Waals surface area (Å²) in [5, 5.41) is 0.626. The number of amides is 1. The third kappa shape index (κ3) is 3.43. The molecule has 24 heavy (non-hydrogen) atoms. The average Bonchev–Trinajstić information content (AvgIpc) is 2.63. The van der Waals surface area contributed by atoms with E-state index in [2.05, 4.69) is 14.9 Å². The first-order valence-corrected chi connectivity index (χ1v) is 8.31. The first kappa shape index (κ1) is 16.5. The average molecular weight is 347 g/mol. The van der Waals surface area contributed by atoms with Crippen molar-refractivity contribution in [3.05, 3.63) is 47.4 Å². The van der Waals surface area contributed by atoms with Crippen LogP contribution in [0.25, 0.3) is 0 Å². The fourth-order valence-electron chi connectivity index (χ4n) is 2.70. The Labute approximate surface area is 146 Å². The Hall–Kier alpha value is -2.34. The Balaban J connectivity index is 1.69. The fourth-order valence-corrected chi connectivity index (χ4v) is 2.95. The van der Waals surface area contributed by atoms with Crippen LogP contribution in [0.5, 0.6) is 5.75 Å². The van der Waals surface area contributed by atoms with Gasteiger partial charge in [-0.1, -0.05) is 11.6 Å². The minimum Gasteiger partial charge on any atom is -0.491 e. The Morgan fingerprint density at radius 1 is 1.17 bits per heavy atom. The van der Waals surface area contributed by atoms with Crippen LogP contribution >= 0.6 is 11.6 Å². The highest BCUT2D eigenvalue weighted by Gasteiger charge is 2.26. The number of ether oxygens (including phenoxy) is 1. The number of halogens is 1. The van der Waals surface area contributed by atoms with Crippen molar-refractivity contribution in [2.45, 2.75) is 6.92 Å². The van der Waals surface area contributed by atoms with E-state index >= 15 is 0 Å². The molecule has 2 aromatic heterocycles. The topological polar surface area (TPSA) is 58.6 Å². The molecule has 0 aliphatic carbocycles. The third-order valence-electron chi connectivity index (χ3n) is 3.88. The molecule has 0 aromatic carbocycles. The number of piperazine rings is 1. The van der Waals surface area contributed by atoms with Crippen LogP contribution in [0, 0.1) is 0 Å². The molecule has 126 valence electrons. The van der Waals surface area contributed by atoms with Gasteiger partial charge >= 0.3 is 0 Å². The lowest BCUT2D eigenvalue weighted by molar-refractivity contribution is 0.0736. The van der Waals surface area contributed by atoms with Gasteiger partial charge in [0.2, 0.25) is 0 Å². The molecule has 1 saturated heterocycles. The lowest BCUT2D eigenvalue weighted by atomic mass is 10.2. The number of carbonyl (C=O) groups excluding carboxylic acids is 1. The molecule has 1 aliphatic rings. The minimum absolute atomic E-state index is 0.106. The van der Waals surface area contributed by atoms with E-state index in [1.165, 1.54) is 0 Å². The molecule has 2 aromatic rings. The SMILES string of the molecule is CCOc1cccnc1C(=O)N1CCN(c2ncccc2Cl)CC1. The molecule has 3 heterocycles. The molecular formula is C17H19ClN4O2. The van der Waals surface area contributed by atoms with Crippen molar-refractivity contribution in [2.24, 2.45) is 0 Å². The highest BCUT2D eigenvalue weighted by Crippen LogP contribution is 2.24. The summed E-state index contributed by atoms with van der Waals surface area (Å²) in [6.07, 6.45) is 3.33. The Kier molecular flexibility index (Phi) is 5.15. The predicted octanol–water partition coefficient (Wildman–Crippen LogP) is 2.49. The van der Waals surface area contributed by atoms with Crippen molar-refractivity contribution in [3.63, 3.8) is 0 Å². The summed E-state index contributed by atoms with van der Waals surface area (Å²) in [6, 6.07) is 7.17. The molecule has 0 spiro atoms. The van der Waals surface area contributed by atoms with E-state index < -0.39 is 0 Å². The number of anilines is 1. The molecule has 0 bridgehead atoms. The fraction of sp³-hybridized carbons (Fsp3) is 0.353. The van der Waals surface area contributed by atoms with Crippen molar-refractivity contribution in [2.75, 3.05) is 37.7 Å². The lowest BCUT2D eigenvalue weighted by Gasteiger charge is -2.35. The Morgan fingerprint density at radius 3 is 2.58 bits per heavy atom. The summed E-state index contributed by atoms with van der Waals surface area (Å²) < 4.78 is 5.51. The maximum absolute atomic E-state index is 12.7. The minimum atomic E-state index is -0.106. The van der Waals surface area contributed by atoms with E-state index in [1.807, 2.05) is 19.1 Å². The van der Waals surface area contributed by atoms with Gasteiger partial charge in [-0.15, -0.1) is 0 Å². The number of pyridine rings is 2. The number of carbonyl (C=O) groups is 1. The van der Waals surface area contributed by atoms with Gasteiger partial charge in [-0.3, -0.25) is 4.79 Å². The standard InChI is InChI=1S/C17H19ClN4O2/c1-2-24-14-6-4-7-19-15(14)17(23)22-11-9-21(10-12-22)16-13(18)5-3-8-20-16/h3-8H,2,9-12H2,1H3. The molecule has 7 heteroatoms. The van der Waals surface area contributed by atoms with Crippen molar-refractivity contribution in [3.8, 4) is 5.75 Å². The zero-order valence-electron chi connectivity index (χ0n) is 13.5. The summed E-state index contributed by atoms with van der Waals surface area (Å²) in [5.41, 5.74) is 0.365. The van der Waals surface area contributed by atoms with E-state index in [9.17, 15) is 4.79 Å². The summed E-state index contributed by atoms with van der Waals surface area (Å²) in [6.45, 7) is 4.93. The van der Waals surface area contributed by atoms with E-state index in [0.717, 1.165) is 5.82 Å². The van der Waals surface area contributed by atoms with Gasteiger partial charge in [-0.2, -0.15) is 0 Å². The zero-order chi connectivity index (χ0) is 16.9. The first-order chi connectivity index (χ1) is 11.7. The van der Waals surface area contributed by atoms with Gasteiger partial charge in [-0.05, 0) is 31.2 Å². The van der Waals surface area contributed by atoms with Crippen LogP contribution in [0.2, 0.25) is 5.02 Å². The summed E-state index contributed by atoms with van der Waals surface area (Å²) in [5.74, 6) is 1.19. The highest BCUT2D eigenvalue weighted by molar-refractivity contribution is 6.32. The number of aromatic nitrogens is 2. The Morgan fingerprint density at radius 2 is 1.88 bits per heavy atom. The Bertz CT molecular complexity index is 717. The summed E-state index contributed by atoms with van der Waals surface area (Å²) in [4.78, 5) is 25.1. The van der Waals surface area contributed by atoms with Gasteiger partial charge < -0.3 is 14.5 Å². The van der Waals surface area contributed by atoms with Gasteiger partial charge in [0.05, 0.1) is 11.6 Å². The normalized spacial score (nSPS) is 14.6. The van der Waals surface area contributed by atoms with Gasteiger partial charge in [0.25, 0.3) is 5.91 Å². The highest BCUT2D eigenvalue weighted by atomic mass is 35.5. The number of nitrogens with zero attached hydrogens (tertiary/aromatic N) is 4. The molecule has 0 saturated carbocycles. The van der Waals surface area contributed by atoms with Crippen LogP contribution in [0.15, 0.2) is 36.7 Å². The second kappa shape index (κ2) is 7.49. The van der Waals surface area contributed by atoms with E-state index in [-0.39, 0.29) is 5.91 Å². The second-order valence-electron chi connectivity index (χ2n) is 5.37. The molecule has 3 rings (SSSR count). The molecule has 0 N–H and O–H groups in total. The van der Waals surface area contributed by atoms with Crippen molar-refractivity contribution < 1.29 is 9.53 Å². The van der Waals surface area contributed by atoms with Crippen LogP contribution in [0.1, 0.15) is 17.4 Å². The molecule has 0 atom stereocenters. The van der Waals surface area contributed by atoms with Crippen LogP contribution in [0.3, 0.4) is 0 Å². The van der Waals surface area contributed by atoms with Crippen LogP contribution in [0.4, 0.5) is 5.82 Å². The van der Waals surface area contributed by atoms with Crippen LogP contribution in [-0.4, -0.2) is 53.6 Å². The number of rotatable bonds is 4. The predicted molar refractivity (Wildman–Crippen MR) is 92.8 cm³/mol. The maximum atomic E-state index is 12.7. The van der Waals surface area contributed by atoms with E-state index in [0.29, 0.717) is 49.3 Å². The molecule has 1 fully saturated rings. The molecule has 1 aliphatic heterocycles. The van der Waals surface area contributed by atoms with Gasteiger partial charge in [-0.25, -0.2) is 9.97 Å². The monoisotopic (exact) mass is 346 g/mol. The quantitative estimate of drug-likeness (QED) is 0.851. The number of hydrogen-bond acceptors (Lipinski definition) is 5. The second-order valence-corrected chi connectivity index (χ2v) is 5.78. The molecule has 0 unspecified atom stereocenters.